The number of piperidine rings is 1. The first-order valence-electron chi connectivity index (χ1n) is 5.53. The van der Waals surface area contributed by atoms with E-state index in [9.17, 15) is 13.2 Å². The Bertz CT molecular complexity index is 369. The van der Waals surface area contributed by atoms with E-state index in [1.165, 1.54) is 0 Å². The molecule has 0 spiro atoms. The Morgan fingerprint density at radius 3 is 2.47 bits per heavy atom. The molecule has 1 aliphatic rings. The SMILES string of the molecule is Cc1noc(CN2CCC(C(F)(F)F)CC2)n1. The van der Waals surface area contributed by atoms with E-state index >= 15 is 0 Å². The summed E-state index contributed by atoms with van der Waals surface area (Å²) in [7, 11) is 0. The predicted molar refractivity (Wildman–Crippen MR) is 53.1 cm³/mol. The topological polar surface area (TPSA) is 42.2 Å². The second-order valence-corrected chi connectivity index (χ2v) is 4.33. The molecule has 0 bridgehead atoms. The van der Waals surface area contributed by atoms with Crippen molar-refractivity contribution in [1.29, 1.82) is 0 Å². The quantitative estimate of drug-likeness (QED) is 0.805. The standard InChI is InChI=1S/C10H14F3N3O/c1-7-14-9(17-15-7)6-16-4-2-8(3-5-16)10(11,12)13/h8H,2-6H2,1H3. The number of hydrogen-bond donors (Lipinski definition) is 0. The minimum Gasteiger partial charge on any atom is -0.338 e. The Morgan fingerprint density at radius 1 is 1.35 bits per heavy atom. The average molecular weight is 249 g/mol. The van der Waals surface area contributed by atoms with Crippen molar-refractivity contribution >= 4 is 0 Å². The number of aryl methyl sites for hydroxylation is 1. The Kier molecular flexibility index (Phi) is 3.37. The molecule has 96 valence electrons. The molecule has 0 aliphatic carbocycles. The molecule has 0 unspecified atom stereocenters. The predicted octanol–water partition coefficient (Wildman–Crippen LogP) is 2.15. The number of rotatable bonds is 2. The molecule has 0 atom stereocenters. The monoisotopic (exact) mass is 249 g/mol. The molecule has 0 N–H and O–H groups in total. The summed E-state index contributed by atoms with van der Waals surface area (Å²) < 4.78 is 42.3. The zero-order chi connectivity index (χ0) is 12.5. The van der Waals surface area contributed by atoms with Gasteiger partial charge in [0.05, 0.1) is 12.5 Å². The molecule has 0 saturated carbocycles. The third kappa shape index (κ3) is 3.18. The highest BCUT2D eigenvalue weighted by atomic mass is 19.4. The molecule has 1 saturated heterocycles. The fourth-order valence-corrected chi connectivity index (χ4v) is 2.01. The van der Waals surface area contributed by atoms with E-state index in [-0.39, 0.29) is 12.8 Å². The molecule has 1 aliphatic heterocycles. The van der Waals surface area contributed by atoms with Gasteiger partial charge < -0.3 is 4.52 Å². The lowest BCUT2D eigenvalue weighted by atomic mass is 9.96. The summed E-state index contributed by atoms with van der Waals surface area (Å²) in [5, 5.41) is 3.64. The van der Waals surface area contributed by atoms with Crippen LogP contribution < -0.4 is 0 Å². The van der Waals surface area contributed by atoms with Crippen LogP contribution in [0.3, 0.4) is 0 Å². The van der Waals surface area contributed by atoms with E-state index in [0.717, 1.165) is 0 Å². The second kappa shape index (κ2) is 4.64. The van der Waals surface area contributed by atoms with Crippen molar-refractivity contribution in [3.63, 3.8) is 0 Å². The van der Waals surface area contributed by atoms with Gasteiger partial charge in [-0.05, 0) is 32.9 Å². The summed E-state index contributed by atoms with van der Waals surface area (Å²) in [6.07, 6.45) is -3.76. The molecule has 17 heavy (non-hydrogen) atoms. The van der Waals surface area contributed by atoms with Crippen molar-refractivity contribution in [3.05, 3.63) is 11.7 Å². The molecule has 1 fully saturated rings. The highest BCUT2D eigenvalue weighted by Gasteiger charge is 2.41. The normalized spacial score (nSPS) is 19.8. The van der Waals surface area contributed by atoms with Gasteiger partial charge >= 0.3 is 6.18 Å². The molecule has 0 aromatic carbocycles. The Labute approximate surface area is 96.8 Å². The maximum absolute atomic E-state index is 12.4. The van der Waals surface area contributed by atoms with Crippen LogP contribution in [0.2, 0.25) is 0 Å². The van der Waals surface area contributed by atoms with Crippen molar-refractivity contribution in [2.45, 2.75) is 32.5 Å². The highest BCUT2D eigenvalue weighted by molar-refractivity contribution is 4.85. The summed E-state index contributed by atoms with van der Waals surface area (Å²) in [6, 6.07) is 0. The van der Waals surface area contributed by atoms with Crippen molar-refractivity contribution in [2.24, 2.45) is 5.92 Å². The number of aromatic nitrogens is 2. The number of nitrogens with zero attached hydrogens (tertiary/aromatic N) is 3. The Morgan fingerprint density at radius 2 is 2.00 bits per heavy atom. The van der Waals surface area contributed by atoms with Crippen LogP contribution in [0.15, 0.2) is 4.52 Å². The van der Waals surface area contributed by atoms with Gasteiger partial charge in [0.2, 0.25) is 5.89 Å². The third-order valence-corrected chi connectivity index (χ3v) is 2.98. The highest BCUT2D eigenvalue weighted by Crippen LogP contribution is 2.34. The lowest BCUT2D eigenvalue weighted by molar-refractivity contribution is -0.185. The number of halogens is 3. The van der Waals surface area contributed by atoms with Gasteiger partial charge in [-0.1, -0.05) is 5.16 Å². The first kappa shape index (κ1) is 12.3. The lowest BCUT2D eigenvalue weighted by Crippen LogP contribution is -2.38. The van der Waals surface area contributed by atoms with E-state index in [0.29, 0.717) is 31.3 Å². The van der Waals surface area contributed by atoms with Gasteiger partial charge in [-0.15, -0.1) is 0 Å². The number of hydrogen-bond acceptors (Lipinski definition) is 4. The van der Waals surface area contributed by atoms with E-state index < -0.39 is 12.1 Å². The largest absolute Gasteiger partial charge is 0.391 e. The van der Waals surface area contributed by atoms with Crippen LogP contribution in [0.1, 0.15) is 24.6 Å². The van der Waals surface area contributed by atoms with Crippen LogP contribution in [0, 0.1) is 12.8 Å². The van der Waals surface area contributed by atoms with Crippen molar-refractivity contribution in [2.75, 3.05) is 13.1 Å². The minimum absolute atomic E-state index is 0.149. The van der Waals surface area contributed by atoms with Crippen LogP contribution in [0.4, 0.5) is 13.2 Å². The molecule has 7 heteroatoms. The summed E-state index contributed by atoms with van der Waals surface area (Å²) in [6.45, 7) is 2.99. The fraction of sp³-hybridized carbons (Fsp3) is 0.800. The van der Waals surface area contributed by atoms with E-state index in [1.807, 2.05) is 4.90 Å². The summed E-state index contributed by atoms with van der Waals surface area (Å²) in [4.78, 5) is 5.94. The smallest absolute Gasteiger partial charge is 0.338 e. The van der Waals surface area contributed by atoms with Crippen molar-refractivity contribution in [1.82, 2.24) is 15.0 Å². The van der Waals surface area contributed by atoms with Gasteiger partial charge in [0, 0.05) is 0 Å². The molecule has 0 amide bonds. The zero-order valence-corrected chi connectivity index (χ0v) is 9.50. The van der Waals surface area contributed by atoms with Crippen LogP contribution in [-0.2, 0) is 6.54 Å². The van der Waals surface area contributed by atoms with E-state index in [1.54, 1.807) is 6.92 Å². The maximum atomic E-state index is 12.4. The van der Waals surface area contributed by atoms with Crippen LogP contribution in [0.5, 0.6) is 0 Å². The molecular formula is C10H14F3N3O. The molecule has 4 nitrogen and oxygen atoms in total. The second-order valence-electron chi connectivity index (χ2n) is 4.33. The van der Waals surface area contributed by atoms with Gasteiger partial charge in [0.25, 0.3) is 0 Å². The average Bonchev–Trinajstić information content (AvgIpc) is 2.63. The maximum Gasteiger partial charge on any atom is 0.391 e. The summed E-state index contributed by atoms with van der Waals surface area (Å²) in [5.74, 6) is -0.152. The molecule has 1 aromatic heterocycles. The first-order valence-corrected chi connectivity index (χ1v) is 5.53. The van der Waals surface area contributed by atoms with Gasteiger partial charge in [0.1, 0.15) is 0 Å². The van der Waals surface area contributed by atoms with Gasteiger partial charge in [0.15, 0.2) is 5.82 Å². The van der Waals surface area contributed by atoms with Crippen LogP contribution >= 0.6 is 0 Å². The third-order valence-electron chi connectivity index (χ3n) is 2.98. The Hall–Kier alpha value is -1.11. The summed E-state index contributed by atoms with van der Waals surface area (Å²) >= 11 is 0. The Balaban J connectivity index is 1.83. The van der Waals surface area contributed by atoms with Crippen molar-refractivity contribution < 1.29 is 17.7 Å². The molecular weight excluding hydrogens is 235 g/mol. The number of likely N-dealkylation sites (tertiary alicyclic amines) is 1. The summed E-state index contributed by atoms with van der Waals surface area (Å²) in [5.41, 5.74) is 0. The zero-order valence-electron chi connectivity index (χ0n) is 9.50. The van der Waals surface area contributed by atoms with Crippen LogP contribution in [0.25, 0.3) is 0 Å². The van der Waals surface area contributed by atoms with Gasteiger partial charge in [-0.25, -0.2) is 0 Å². The van der Waals surface area contributed by atoms with Crippen molar-refractivity contribution in [3.8, 4) is 0 Å². The van der Waals surface area contributed by atoms with Crippen LogP contribution in [-0.4, -0.2) is 34.3 Å². The first-order chi connectivity index (χ1) is 7.95. The molecule has 2 rings (SSSR count). The molecule has 2 heterocycles. The molecule has 1 aromatic rings. The van der Waals surface area contributed by atoms with E-state index in [4.69, 9.17) is 4.52 Å². The fourth-order valence-electron chi connectivity index (χ4n) is 2.01. The lowest BCUT2D eigenvalue weighted by Gasteiger charge is -2.31. The molecule has 0 radical (unpaired) electrons. The van der Waals surface area contributed by atoms with Gasteiger partial charge in [-0.2, -0.15) is 18.2 Å². The minimum atomic E-state index is -4.06. The van der Waals surface area contributed by atoms with E-state index in [2.05, 4.69) is 10.1 Å². The van der Waals surface area contributed by atoms with Gasteiger partial charge in [-0.3, -0.25) is 4.90 Å². The number of alkyl halides is 3.